The molecule has 1 unspecified atom stereocenters. The van der Waals surface area contributed by atoms with E-state index in [0.717, 1.165) is 43.3 Å². The van der Waals surface area contributed by atoms with Gasteiger partial charge in [-0.05, 0) is 25.7 Å². The Balaban J connectivity index is 2.85. The number of nitrogens with one attached hydrogen (secondary N) is 2. The van der Waals surface area contributed by atoms with Crippen molar-refractivity contribution in [3.8, 4) is 0 Å². The summed E-state index contributed by atoms with van der Waals surface area (Å²) >= 11 is 0. The topological polar surface area (TPSA) is 49.8 Å². The van der Waals surface area contributed by atoms with Gasteiger partial charge in [-0.1, -0.05) is 40.5 Å². The molecule has 1 atom stereocenters. The quantitative estimate of drug-likeness (QED) is 0.667. The molecule has 2 N–H and O–H groups in total. The van der Waals surface area contributed by atoms with E-state index in [4.69, 9.17) is 0 Å². The van der Waals surface area contributed by atoms with E-state index in [1.54, 1.807) is 0 Å². The third-order valence-electron chi connectivity index (χ3n) is 3.93. The Morgan fingerprint density at radius 2 is 1.67 bits per heavy atom. The first kappa shape index (κ1) is 17.7. The monoisotopic (exact) mass is 292 g/mol. The summed E-state index contributed by atoms with van der Waals surface area (Å²) in [4.78, 5) is 9.25. The summed E-state index contributed by atoms with van der Waals surface area (Å²) < 4.78 is 0. The second-order valence-corrected chi connectivity index (χ2v) is 5.74. The standard InChI is InChI=1S/C17H32N4/c1-6-10-15-20-16(18-11-7-2)12-17(21-15)19-13(5)14(8-3)9-4/h12-14H,6-11H2,1-5H3,(H2,18,19,20,21). The minimum Gasteiger partial charge on any atom is -0.370 e. The minimum absolute atomic E-state index is 0.434. The third-order valence-corrected chi connectivity index (χ3v) is 3.93. The average Bonchev–Trinajstić information content (AvgIpc) is 2.46. The summed E-state index contributed by atoms with van der Waals surface area (Å²) in [6, 6.07) is 2.47. The molecule has 0 spiro atoms. The van der Waals surface area contributed by atoms with E-state index in [-0.39, 0.29) is 0 Å². The van der Waals surface area contributed by atoms with Crippen LogP contribution in [0.4, 0.5) is 11.6 Å². The average molecular weight is 292 g/mol. The fourth-order valence-corrected chi connectivity index (χ4v) is 2.60. The Morgan fingerprint density at radius 3 is 2.24 bits per heavy atom. The Labute approximate surface area is 130 Å². The van der Waals surface area contributed by atoms with Gasteiger partial charge in [-0.3, -0.25) is 0 Å². The molecule has 0 fully saturated rings. The molecule has 0 aliphatic rings. The molecule has 1 rings (SSSR count). The molecule has 0 aromatic carbocycles. The summed E-state index contributed by atoms with van der Waals surface area (Å²) in [6.45, 7) is 12.0. The predicted octanol–water partition coefficient (Wildman–Crippen LogP) is 4.49. The number of aryl methyl sites for hydroxylation is 1. The Kier molecular flexibility index (Phi) is 8.09. The van der Waals surface area contributed by atoms with Gasteiger partial charge in [0.15, 0.2) is 0 Å². The Hall–Kier alpha value is -1.32. The second kappa shape index (κ2) is 9.59. The summed E-state index contributed by atoms with van der Waals surface area (Å²) in [5.74, 6) is 3.50. The number of nitrogens with zero attached hydrogens (tertiary/aromatic N) is 2. The molecule has 1 heterocycles. The molecule has 0 aliphatic carbocycles. The highest BCUT2D eigenvalue weighted by molar-refractivity contribution is 5.48. The first-order valence-corrected chi connectivity index (χ1v) is 8.52. The van der Waals surface area contributed by atoms with Crippen LogP contribution in [-0.2, 0) is 6.42 Å². The maximum absolute atomic E-state index is 4.66. The molecule has 0 aliphatic heterocycles. The van der Waals surface area contributed by atoms with Crippen LogP contribution in [0.15, 0.2) is 6.07 Å². The van der Waals surface area contributed by atoms with Crippen molar-refractivity contribution in [3.05, 3.63) is 11.9 Å². The van der Waals surface area contributed by atoms with Gasteiger partial charge in [-0.25, -0.2) is 9.97 Å². The van der Waals surface area contributed by atoms with E-state index >= 15 is 0 Å². The van der Waals surface area contributed by atoms with Gasteiger partial charge in [0.25, 0.3) is 0 Å². The summed E-state index contributed by atoms with van der Waals surface area (Å²) in [5, 5.41) is 6.94. The normalized spacial score (nSPS) is 12.5. The van der Waals surface area contributed by atoms with E-state index in [9.17, 15) is 0 Å². The molecular formula is C17H32N4. The van der Waals surface area contributed by atoms with Crippen LogP contribution in [0.3, 0.4) is 0 Å². The van der Waals surface area contributed by atoms with Gasteiger partial charge in [0.1, 0.15) is 17.5 Å². The van der Waals surface area contributed by atoms with Gasteiger partial charge >= 0.3 is 0 Å². The van der Waals surface area contributed by atoms with Gasteiger partial charge in [-0.2, -0.15) is 0 Å². The zero-order chi connectivity index (χ0) is 15.7. The van der Waals surface area contributed by atoms with Crippen LogP contribution in [0.2, 0.25) is 0 Å². The number of hydrogen-bond acceptors (Lipinski definition) is 4. The van der Waals surface area contributed by atoms with Crippen molar-refractivity contribution < 1.29 is 0 Å². The van der Waals surface area contributed by atoms with Crippen molar-refractivity contribution in [1.29, 1.82) is 0 Å². The lowest BCUT2D eigenvalue weighted by Crippen LogP contribution is -2.26. The van der Waals surface area contributed by atoms with Gasteiger partial charge in [0.05, 0.1) is 0 Å². The maximum Gasteiger partial charge on any atom is 0.133 e. The van der Waals surface area contributed by atoms with Crippen LogP contribution < -0.4 is 10.6 Å². The smallest absolute Gasteiger partial charge is 0.133 e. The molecular weight excluding hydrogens is 260 g/mol. The first-order valence-electron chi connectivity index (χ1n) is 8.52. The largest absolute Gasteiger partial charge is 0.370 e. The zero-order valence-electron chi connectivity index (χ0n) is 14.4. The second-order valence-electron chi connectivity index (χ2n) is 5.74. The van der Waals surface area contributed by atoms with Gasteiger partial charge < -0.3 is 10.6 Å². The van der Waals surface area contributed by atoms with Crippen molar-refractivity contribution in [2.45, 2.75) is 72.8 Å². The number of anilines is 2. The lowest BCUT2D eigenvalue weighted by molar-refractivity contribution is 0.437. The molecule has 1 aromatic rings. The molecule has 1 aromatic heterocycles. The minimum atomic E-state index is 0.434. The molecule has 120 valence electrons. The van der Waals surface area contributed by atoms with Crippen molar-refractivity contribution in [3.63, 3.8) is 0 Å². The van der Waals surface area contributed by atoms with Crippen LogP contribution in [0.1, 0.15) is 66.1 Å². The lowest BCUT2D eigenvalue weighted by Gasteiger charge is -2.23. The molecule has 21 heavy (non-hydrogen) atoms. The molecule has 0 saturated carbocycles. The highest BCUT2D eigenvalue weighted by Crippen LogP contribution is 2.19. The molecule has 0 saturated heterocycles. The molecule has 4 heteroatoms. The first-order chi connectivity index (χ1) is 10.1. The SMILES string of the molecule is CCCNc1cc(NC(C)C(CC)CC)nc(CCC)n1. The highest BCUT2D eigenvalue weighted by Gasteiger charge is 2.14. The van der Waals surface area contributed by atoms with Gasteiger partial charge in [0, 0.05) is 25.1 Å². The van der Waals surface area contributed by atoms with Gasteiger partial charge in [-0.15, -0.1) is 0 Å². The summed E-state index contributed by atoms with van der Waals surface area (Å²) in [7, 11) is 0. The van der Waals surface area contributed by atoms with Crippen molar-refractivity contribution in [2.75, 3.05) is 17.2 Å². The van der Waals surface area contributed by atoms with Crippen LogP contribution in [0.5, 0.6) is 0 Å². The van der Waals surface area contributed by atoms with Crippen LogP contribution in [0.25, 0.3) is 0 Å². The van der Waals surface area contributed by atoms with E-state index in [1.165, 1.54) is 12.8 Å². The number of rotatable bonds is 10. The van der Waals surface area contributed by atoms with Crippen molar-refractivity contribution in [1.82, 2.24) is 9.97 Å². The summed E-state index contributed by atoms with van der Waals surface area (Å²) in [6.07, 6.45) is 5.48. The van der Waals surface area contributed by atoms with E-state index < -0.39 is 0 Å². The van der Waals surface area contributed by atoms with Crippen molar-refractivity contribution in [2.24, 2.45) is 5.92 Å². The Bertz CT molecular complexity index is 402. The fourth-order valence-electron chi connectivity index (χ4n) is 2.60. The summed E-state index contributed by atoms with van der Waals surface area (Å²) in [5.41, 5.74) is 0. The van der Waals surface area contributed by atoms with Crippen LogP contribution >= 0.6 is 0 Å². The van der Waals surface area contributed by atoms with Gasteiger partial charge in [0.2, 0.25) is 0 Å². The van der Waals surface area contributed by atoms with Crippen LogP contribution in [-0.4, -0.2) is 22.6 Å². The van der Waals surface area contributed by atoms with E-state index in [2.05, 4.69) is 55.2 Å². The number of hydrogen-bond donors (Lipinski definition) is 2. The molecule has 0 radical (unpaired) electrons. The van der Waals surface area contributed by atoms with E-state index in [0.29, 0.717) is 12.0 Å². The van der Waals surface area contributed by atoms with Crippen LogP contribution in [0, 0.1) is 5.92 Å². The maximum atomic E-state index is 4.66. The van der Waals surface area contributed by atoms with Crippen molar-refractivity contribution >= 4 is 11.6 Å². The molecule has 4 nitrogen and oxygen atoms in total. The fraction of sp³-hybridized carbons (Fsp3) is 0.765. The highest BCUT2D eigenvalue weighted by atomic mass is 15.1. The van der Waals surface area contributed by atoms with E-state index in [1.807, 2.05) is 6.07 Å². The third kappa shape index (κ3) is 5.90. The predicted molar refractivity (Wildman–Crippen MR) is 92.0 cm³/mol. The number of aromatic nitrogens is 2. The Morgan fingerprint density at radius 1 is 1.00 bits per heavy atom. The molecule has 0 bridgehead atoms. The molecule has 0 amide bonds. The zero-order valence-corrected chi connectivity index (χ0v) is 14.4. The lowest BCUT2D eigenvalue weighted by atomic mass is 9.95.